The molecule has 10 atom stereocenters. The summed E-state index contributed by atoms with van der Waals surface area (Å²) in [6, 6.07) is 0. The van der Waals surface area contributed by atoms with Crippen molar-refractivity contribution in [3.05, 3.63) is 12.2 Å². The number of carbonyl (C=O) groups excluding carboxylic acids is 1. The van der Waals surface area contributed by atoms with Crippen molar-refractivity contribution in [2.75, 3.05) is 0 Å². The van der Waals surface area contributed by atoms with Gasteiger partial charge in [-0.25, -0.2) is 0 Å². The maximum Gasteiger partial charge on any atom is 0.302 e. The third-order valence-electron chi connectivity index (χ3n) is 14.0. The molecule has 0 aromatic carbocycles. The van der Waals surface area contributed by atoms with Gasteiger partial charge < -0.3 is 4.74 Å². The molecule has 2 unspecified atom stereocenters. The molecule has 2 nitrogen and oxygen atoms in total. The molecule has 2 heteroatoms. The first-order chi connectivity index (χ1) is 16.3. The van der Waals surface area contributed by atoms with Crippen molar-refractivity contribution in [1.29, 1.82) is 0 Å². The van der Waals surface area contributed by atoms with Crippen molar-refractivity contribution in [3.8, 4) is 0 Å². The Kier molecular flexibility index (Phi) is 5.98. The molecule has 5 aliphatic carbocycles. The fourth-order valence-corrected chi connectivity index (χ4v) is 11.7. The molecule has 0 aromatic heterocycles. The monoisotopic (exact) mass is 482 g/mol. The summed E-state index contributed by atoms with van der Waals surface area (Å²) < 4.78 is 5.91. The minimum Gasteiger partial charge on any atom is -0.462 e. The molecule has 198 valence electrons. The molecule has 0 aliphatic heterocycles. The zero-order chi connectivity index (χ0) is 25.6. The third kappa shape index (κ3) is 3.35. The quantitative estimate of drug-likeness (QED) is 0.279. The summed E-state index contributed by atoms with van der Waals surface area (Å²) in [6.07, 6.45) is 15.1. The Morgan fingerprint density at radius 3 is 2.17 bits per heavy atom. The Bertz CT molecular complexity index is 888. The highest BCUT2D eigenvalue weighted by molar-refractivity contribution is 5.66. The number of allylic oxidation sites excluding steroid dienone is 1. The summed E-state index contributed by atoms with van der Waals surface area (Å²) in [5, 5.41) is 0. The fraction of sp³-hybridized carbons (Fsp3) is 0.909. The van der Waals surface area contributed by atoms with Gasteiger partial charge in [0.2, 0.25) is 0 Å². The van der Waals surface area contributed by atoms with E-state index < -0.39 is 0 Å². The second kappa shape index (κ2) is 8.10. The Morgan fingerprint density at radius 2 is 1.51 bits per heavy atom. The Hall–Kier alpha value is -0.790. The molecule has 0 bridgehead atoms. The minimum absolute atomic E-state index is 0.0945. The first-order valence-corrected chi connectivity index (χ1v) is 15.1. The molecule has 35 heavy (non-hydrogen) atoms. The Balaban J connectivity index is 1.37. The predicted octanol–water partition coefficient (Wildman–Crippen LogP) is 8.99. The highest BCUT2D eigenvalue weighted by Gasteiger charge is 2.82. The minimum atomic E-state index is -0.0945. The first kappa shape index (κ1) is 25.8. The van der Waals surface area contributed by atoms with Gasteiger partial charge >= 0.3 is 5.97 Å². The number of fused-ring (bicyclic) bond motifs is 2. The summed E-state index contributed by atoms with van der Waals surface area (Å²) in [5.74, 6) is 3.88. The highest BCUT2D eigenvalue weighted by Crippen LogP contribution is 2.89. The van der Waals surface area contributed by atoms with Gasteiger partial charge in [0.1, 0.15) is 6.10 Å². The van der Waals surface area contributed by atoms with E-state index in [-0.39, 0.29) is 17.5 Å². The molecule has 5 rings (SSSR count). The summed E-state index contributed by atoms with van der Waals surface area (Å²) in [6.45, 7) is 23.3. The highest BCUT2D eigenvalue weighted by atomic mass is 16.5. The van der Waals surface area contributed by atoms with Gasteiger partial charge in [-0.3, -0.25) is 4.79 Å². The molecular formula is C33H54O2. The number of rotatable bonds is 6. The molecule has 5 aliphatic rings. The van der Waals surface area contributed by atoms with Gasteiger partial charge in [-0.2, -0.15) is 0 Å². The van der Waals surface area contributed by atoms with Crippen LogP contribution in [0.2, 0.25) is 0 Å². The van der Waals surface area contributed by atoms with Gasteiger partial charge in [0, 0.05) is 12.3 Å². The van der Waals surface area contributed by atoms with E-state index >= 15 is 0 Å². The van der Waals surface area contributed by atoms with Crippen molar-refractivity contribution in [2.45, 2.75) is 132 Å². The summed E-state index contributed by atoms with van der Waals surface area (Å²) in [4.78, 5) is 11.9. The molecule has 5 fully saturated rings. The van der Waals surface area contributed by atoms with Crippen LogP contribution in [0.3, 0.4) is 0 Å². The maximum atomic E-state index is 11.9. The van der Waals surface area contributed by atoms with Gasteiger partial charge in [0.05, 0.1) is 0 Å². The van der Waals surface area contributed by atoms with Crippen molar-refractivity contribution in [3.63, 3.8) is 0 Å². The molecule has 0 saturated heterocycles. The second-order valence-electron chi connectivity index (χ2n) is 15.4. The van der Waals surface area contributed by atoms with E-state index in [2.05, 4.69) is 55.0 Å². The lowest BCUT2D eigenvalue weighted by molar-refractivity contribution is -0.181. The lowest BCUT2D eigenvalue weighted by Crippen LogP contribution is -2.58. The average Bonchev–Trinajstić information content (AvgIpc) is 3.36. The van der Waals surface area contributed by atoms with Crippen LogP contribution in [0.5, 0.6) is 0 Å². The zero-order valence-corrected chi connectivity index (χ0v) is 24.3. The van der Waals surface area contributed by atoms with Crippen LogP contribution in [-0.4, -0.2) is 12.1 Å². The lowest BCUT2D eigenvalue weighted by Gasteiger charge is -2.63. The smallest absolute Gasteiger partial charge is 0.302 e. The van der Waals surface area contributed by atoms with Crippen LogP contribution in [0.25, 0.3) is 0 Å². The van der Waals surface area contributed by atoms with Gasteiger partial charge in [-0.15, -0.1) is 0 Å². The van der Waals surface area contributed by atoms with Crippen LogP contribution < -0.4 is 0 Å². The van der Waals surface area contributed by atoms with Crippen LogP contribution >= 0.6 is 0 Å². The Labute approximate surface area is 216 Å². The van der Waals surface area contributed by atoms with Crippen molar-refractivity contribution in [2.24, 2.45) is 56.7 Å². The maximum absolute atomic E-state index is 11.9. The summed E-state index contributed by atoms with van der Waals surface area (Å²) in [7, 11) is 0. The molecule has 2 spiro atoms. The van der Waals surface area contributed by atoms with Crippen LogP contribution in [0, 0.1) is 56.7 Å². The van der Waals surface area contributed by atoms with Crippen molar-refractivity contribution < 1.29 is 9.53 Å². The molecule has 0 N–H and O–H groups in total. The molecule has 0 amide bonds. The van der Waals surface area contributed by atoms with E-state index in [9.17, 15) is 4.79 Å². The molecule has 5 saturated carbocycles. The van der Waals surface area contributed by atoms with Crippen LogP contribution in [0.1, 0.15) is 126 Å². The van der Waals surface area contributed by atoms with Gasteiger partial charge in [-0.1, -0.05) is 53.7 Å². The summed E-state index contributed by atoms with van der Waals surface area (Å²) >= 11 is 0. The summed E-state index contributed by atoms with van der Waals surface area (Å²) in [5.41, 5.74) is 3.55. The number of ether oxygens (including phenoxy) is 1. The van der Waals surface area contributed by atoms with E-state index in [1.54, 1.807) is 6.92 Å². The van der Waals surface area contributed by atoms with Gasteiger partial charge in [-0.05, 0) is 129 Å². The largest absolute Gasteiger partial charge is 0.462 e. The number of esters is 1. The normalized spacial score (nSPS) is 49.0. The van der Waals surface area contributed by atoms with Crippen molar-refractivity contribution >= 4 is 5.97 Å². The lowest BCUT2D eigenvalue weighted by atomic mass is 9.41. The standard InChI is InChI=1S/C33H54O2/c1-21(2)22(3)10-11-23(4)25-14-16-31(9)27-13-12-26-29(6,7)28(35-24(5)34)15-17-32(26)20-33(27,32)19-18-30(25,31)8/h22-23,25-28H,1,10-20H2,2-9H3/t22-,23+,25+,26?,27?,28-,30+,31-,32+,33-/m0/s1. The van der Waals surface area contributed by atoms with Crippen LogP contribution in [-0.2, 0) is 9.53 Å². The van der Waals surface area contributed by atoms with E-state index in [1.807, 2.05) is 0 Å². The van der Waals surface area contributed by atoms with Crippen molar-refractivity contribution in [1.82, 2.24) is 0 Å². The molecule has 0 heterocycles. The SMILES string of the molecule is C=C(C)[C@@H](C)CC[C@@H](C)[C@H]1CC[C@@]2(C)C3CCC4C(C)(C)[C@@H](OC(C)=O)CC[C@@]45C[C@@]35CC[C@]12C. The molecular weight excluding hydrogens is 428 g/mol. The third-order valence-corrected chi connectivity index (χ3v) is 14.0. The van der Waals surface area contributed by atoms with Gasteiger partial charge in [0.25, 0.3) is 0 Å². The number of carbonyl (C=O) groups is 1. The van der Waals surface area contributed by atoms with E-state index in [0.29, 0.717) is 27.6 Å². The predicted molar refractivity (Wildman–Crippen MR) is 145 cm³/mol. The fourth-order valence-electron chi connectivity index (χ4n) is 11.7. The molecule has 0 aromatic rings. The first-order valence-electron chi connectivity index (χ1n) is 15.1. The van der Waals surface area contributed by atoms with Crippen LogP contribution in [0.4, 0.5) is 0 Å². The second-order valence-corrected chi connectivity index (χ2v) is 15.4. The van der Waals surface area contributed by atoms with Crippen LogP contribution in [0.15, 0.2) is 12.2 Å². The van der Waals surface area contributed by atoms with Gasteiger partial charge in [0.15, 0.2) is 0 Å². The average molecular weight is 483 g/mol. The topological polar surface area (TPSA) is 26.3 Å². The van der Waals surface area contributed by atoms with E-state index in [0.717, 1.165) is 30.1 Å². The van der Waals surface area contributed by atoms with E-state index in [4.69, 9.17) is 4.74 Å². The Morgan fingerprint density at radius 1 is 0.857 bits per heavy atom. The zero-order valence-electron chi connectivity index (χ0n) is 24.3. The van der Waals surface area contributed by atoms with E-state index in [1.165, 1.54) is 69.8 Å². The number of hydrogen-bond donors (Lipinski definition) is 0. The number of hydrogen-bond acceptors (Lipinski definition) is 2. The molecule has 0 radical (unpaired) electrons.